The molecule has 17 heavy (non-hydrogen) atoms. The highest BCUT2D eigenvalue weighted by Crippen LogP contribution is 2.13. The van der Waals surface area contributed by atoms with Gasteiger partial charge in [0.25, 0.3) is 0 Å². The lowest BCUT2D eigenvalue weighted by Crippen LogP contribution is -2.36. The summed E-state index contributed by atoms with van der Waals surface area (Å²) in [6, 6.07) is 0.502. The lowest BCUT2D eigenvalue weighted by atomic mass is 10.1. The molecule has 1 N–H and O–H groups in total. The summed E-state index contributed by atoms with van der Waals surface area (Å²) in [5.41, 5.74) is 1.30. The van der Waals surface area contributed by atoms with Crippen molar-refractivity contribution < 1.29 is 4.74 Å². The van der Waals surface area contributed by atoms with Crippen LogP contribution >= 0.6 is 0 Å². The van der Waals surface area contributed by atoms with E-state index in [4.69, 9.17) is 4.74 Å². The predicted molar refractivity (Wildman–Crippen MR) is 67.9 cm³/mol. The molecule has 1 aromatic heterocycles. The first-order valence-electron chi connectivity index (χ1n) is 6.41. The largest absolute Gasteiger partial charge is 0.380 e. The number of nitrogens with one attached hydrogen (secondary N) is 1. The van der Waals surface area contributed by atoms with Crippen molar-refractivity contribution in [2.45, 2.75) is 51.7 Å². The molecule has 0 spiro atoms. The highest BCUT2D eigenvalue weighted by molar-refractivity contribution is 5.05. The number of hydrogen-bond acceptors (Lipinski definition) is 3. The van der Waals surface area contributed by atoms with Crippen molar-refractivity contribution in [3.63, 3.8) is 0 Å². The van der Waals surface area contributed by atoms with E-state index in [1.807, 2.05) is 10.9 Å². The van der Waals surface area contributed by atoms with Gasteiger partial charge in [0.1, 0.15) is 0 Å². The van der Waals surface area contributed by atoms with Gasteiger partial charge >= 0.3 is 0 Å². The molecule has 1 unspecified atom stereocenters. The highest BCUT2D eigenvalue weighted by Gasteiger charge is 2.15. The van der Waals surface area contributed by atoms with E-state index in [1.165, 1.54) is 18.4 Å². The number of rotatable bonds is 3. The first-order chi connectivity index (χ1) is 8.05. The number of hydrogen-bond donors (Lipinski definition) is 1. The Morgan fingerprint density at radius 2 is 2.35 bits per heavy atom. The van der Waals surface area contributed by atoms with Crippen LogP contribution in [0.4, 0.5) is 0 Å². The summed E-state index contributed by atoms with van der Waals surface area (Å²) in [5, 5.41) is 7.92. The van der Waals surface area contributed by atoms with Gasteiger partial charge in [-0.05, 0) is 33.6 Å². The van der Waals surface area contributed by atoms with Crippen molar-refractivity contribution in [3.8, 4) is 0 Å². The monoisotopic (exact) mass is 237 g/mol. The Hall–Kier alpha value is -0.870. The molecule has 2 rings (SSSR count). The van der Waals surface area contributed by atoms with E-state index in [0.29, 0.717) is 6.04 Å². The molecule has 0 amide bonds. The number of aromatic nitrogens is 2. The van der Waals surface area contributed by atoms with E-state index in [1.54, 1.807) is 0 Å². The molecule has 0 aromatic carbocycles. The van der Waals surface area contributed by atoms with Gasteiger partial charge in [-0.3, -0.25) is 4.68 Å². The van der Waals surface area contributed by atoms with Gasteiger partial charge in [-0.1, -0.05) is 0 Å². The van der Waals surface area contributed by atoms with Gasteiger partial charge in [0, 0.05) is 31.0 Å². The minimum absolute atomic E-state index is 0.0617. The SMILES string of the molecule is CC(C)(C)n1cc(CNC2CCCOC2)cn1. The maximum absolute atomic E-state index is 5.45. The second kappa shape index (κ2) is 5.19. The summed E-state index contributed by atoms with van der Waals surface area (Å²) < 4.78 is 7.46. The third-order valence-electron chi connectivity index (χ3n) is 3.08. The fourth-order valence-corrected chi connectivity index (χ4v) is 1.98. The second-order valence-electron chi connectivity index (χ2n) is 5.76. The zero-order valence-corrected chi connectivity index (χ0v) is 11.1. The molecule has 1 saturated heterocycles. The normalized spacial score (nSPS) is 21.7. The second-order valence-corrected chi connectivity index (χ2v) is 5.76. The summed E-state index contributed by atoms with van der Waals surface area (Å²) in [4.78, 5) is 0. The van der Waals surface area contributed by atoms with E-state index in [-0.39, 0.29) is 5.54 Å². The van der Waals surface area contributed by atoms with Gasteiger partial charge in [0.15, 0.2) is 0 Å². The smallest absolute Gasteiger partial charge is 0.0619 e. The molecule has 1 aromatic rings. The first kappa shape index (κ1) is 12.6. The van der Waals surface area contributed by atoms with Crippen LogP contribution in [0.2, 0.25) is 0 Å². The van der Waals surface area contributed by atoms with Gasteiger partial charge < -0.3 is 10.1 Å². The molecule has 0 saturated carbocycles. The zero-order valence-electron chi connectivity index (χ0n) is 11.1. The Kier molecular flexibility index (Phi) is 3.84. The van der Waals surface area contributed by atoms with E-state index in [0.717, 1.165) is 19.8 Å². The van der Waals surface area contributed by atoms with E-state index < -0.39 is 0 Å². The van der Waals surface area contributed by atoms with Crippen LogP contribution in [-0.4, -0.2) is 29.0 Å². The van der Waals surface area contributed by atoms with Gasteiger partial charge in [-0.25, -0.2) is 0 Å². The maximum Gasteiger partial charge on any atom is 0.0619 e. The average Bonchev–Trinajstić information content (AvgIpc) is 2.76. The lowest BCUT2D eigenvalue weighted by molar-refractivity contribution is 0.0699. The molecule has 4 nitrogen and oxygen atoms in total. The first-order valence-corrected chi connectivity index (χ1v) is 6.41. The molecule has 1 atom stereocenters. The van der Waals surface area contributed by atoms with Crippen LogP contribution in [0.15, 0.2) is 12.4 Å². The van der Waals surface area contributed by atoms with Crippen LogP contribution in [0.5, 0.6) is 0 Å². The Bertz CT molecular complexity index is 348. The van der Waals surface area contributed by atoms with E-state index >= 15 is 0 Å². The third kappa shape index (κ3) is 3.54. The number of nitrogens with zero attached hydrogens (tertiary/aromatic N) is 2. The topological polar surface area (TPSA) is 39.1 Å². The van der Waals surface area contributed by atoms with Crippen molar-refractivity contribution in [2.75, 3.05) is 13.2 Å². The van der Waals surface area contributed by atoms with Crippen LogP contribution in [0.3, 0.4) is 0 Å². The third-order valence-corrected chi connectivity index (χ3v) is 3.08. The predicted octanol–water partition coefficient (Wildman–Crippen LogP) is 1.91. The van der Waals surface area contributed by atoms with Crippen molar-refractivity contribution in [1.82, 2.24) is 15.1 Å². The number of ether oxygens (including phenoxy) is 1. The average molecular weight is 237 g/mol. The molecule has 1 aliphatic heterocycles. The molecular weight excluding hydrogens is 214 g/mol. The summed E-state index contributed by atoms with van der Waals surface area (Å²) in [5.74, 6) is 0. The van der Waals surface area contributed by atoms with Crippen LogP contribution < -0.4 is 5.32 Å². The molecule has 2 heterocycles. The fraction of sp³-hybridized carbons (Fsp3) is 0.769. The molecule has 4 heteroatoms. The zero-order chi connectivity index (χ0) is 12.3. The molecule has 96 valence electrons. The van der Waals surface area contributed by atoms with Crippen LogP contribution in [0.25, 0.3) is 0 Å². The molecule has 1 aliphatic rings. The maximum atomic E-state index is 5.45. The summed E-state index contributed by atoms with van der Waals surface area (Å²) in [6.07, 6.45) is 6.45. The Morgan fingerprint density at radius 3 is 2.94 bits per heavy atom. The van der Waals surface area contributed by atoms with Crippen LogP contribution in [-0.2, 0) is 16.8 Å². The molecule has 0 radical (unpaired) electrons. The van der Waals surface area contributed by atoms with E-state index in [9.17, 15) is 0 Å². The minimum Gasteiger partial charge on any atom is -0.380 e. The van der Waals surface area contributed by atoms with Gasteiger partial charge in [-0.2, -0.15) is 5.10 Å². The van der Waals surface area contributed by atoms with Gasteiger partial charge in [-0.15, -0.1) is 0 Å². The Morgan fingerprint density at radius 1 is 1.53 bits per heavy atom. The Labute approximate surface area is 103 Å². The molecule has 0 bridgehead atoms. The minimum atomic E-state index is 0.0617. The fourth-order valence-electron chi connectivity index (χ4n) is 1.98. The van der Waals surface area contributed by atoms with Crippen molar-refractivity contribution in [1.29, 1.82) is 0 Å². The summed E-state index contributed by atoms with van der Waals surface area (Å²) in [7, 11) is 0. The highest BCUT2D eigenvalue weighted by atomic mass is 16.5. The van der Waals surface area contributed by atoms with Crippen molar-refractivity contribution in [2.24, 2.45) is 0 Å². The quantitative estimate of drug-likeness (QED) is 0.873. The standard InChI is InChI=1S/C13H23N3O/c1-13(2,3)16-9-11(8-15-16)7-14-12-5-4-6-17-10-12/h8-9,12,14H,4-7,10H2,1-3H3. The molecule has 0 aliphatic carbocycles. The molecular formula is C13H23N3O. The molecule has 1 fully saturated rings. The summed E-state index contributed by atoms with van der Waals surface area (Å²) in [6.45, 7) is 9.11. The van der Waals surface area contributed by atoms with Crippen LogP contribution in [0, 0.1) is 0 Å². The van der Waals surface area contributed by atoms with Crippen molar-refractivity contribution >= 4 is 0 Å². The van der Waals surface area contributed by atoms with Gasteiger partial charge in [0.05, 0.1) is 18.3 Å². The van der Waals surface area contributed by atoms with E-state index in [2.05, 4.69) is 37.4 Å². The van der Waals surface area contributed by atoms with Crippen LogP contribution in [0.1, 0.15) is 39.2 Å². The lowest BCUT2D eigenvalue weighted by Gasteiger charge is -2.23. The summed E-state index contributed by atoms with van der Waals surface area (Å²) >= 11 is 0. The van der Waals surface area contributed by atoms with Crippen molar-refractivity contribution in [3.05, 3.63) is 18.0 Å². The van der Waals surface area contributed by atoms with Gasteiger partial charge in [0.2, 0.25) is 0 Å². The Balaban J connectivity index is 1.84.